The van der Waals surface area contributed by atoms with E-state index in [0.717, 1.165) is 38.3 Å². The van der Waals surface area contributed by atoms with Gasteiger partial charge in [-0.1, -0.05) is 32.0 Å². The van der Waals surface area contributed by atoms with Crippen LogP contribution >= 0.6 is 0 Å². The van der Waals surface area contributed by atoms with E-state index in [9.17, 15) is 4.79 Å². The minimum absolute atomic E-state index is 0.0745. The van der Waals surface area contributed by atoms with Gasteiger partial charge in [0.2, 0.25) is 0 Å². The van der Waals surface area contributed by atoms with Crippen LogP contribution < -0.4 is 10.1 Å². The number of carbonyl (C=O) groups excluding carboxylic acids is 1. The summed E-state index contributed by atoms with van der Waals surface area (Å²) in [6, 6.07) is 8.01. The van der Waals surface area contributed by atoms with Crippen molar-refractivity contribution in [2.45, 2.75) is 26.2 Å². The molecular weight excluding hydrogens is 252 g/mol. The Hall–Kier alpha value is -1.55. The van der Waals surface area contributed by atoms with Crippen LogP contribution in [0.15, 0.2) is 24.3 Å². The minimum atomic E-state index is 0.0745. The van der Waals surface area contributed by atoms with E-state index in [1.165, 1.54) is 5.56 Å². The maximum Gasteiger partial charge on any atom is 0.260 e. The number of piperazine rings is 1. The quantitative estimate of drug-likeness (QED) is 0.894. The highest BCUT2D eigenvalue weighted by Crippen LogP contribution is 2.28. The second-order valence-corrected chi connectivity index (χ2v) is 5.27. The van der Waals surface area contributed by atoms with Crippen LogP contribution in [0.4, 0.5) is 0 Å². The maximum absolute atomic E-state index is 12.1. The highest BCUT2D eigenvalue weighted by atomic mass is 16.5. The van der Waals surface area contributed by atoms with Gasteiger partial charge in [0.1, 0.15) is 5.75 Å². The lowest BCUT2D eigenvalue weighted by Crippen LogP contribution is -2.47. The Bertz CT molecular complexity index is 442. The van der Waals surface area contributed by atoms with Crippen LogP contribution in [0.1, 0.15) is 31.7 Å². The predicted octanol–water partition coefficient (Wildman–Crippen LogP) is 2.01. The first-order chi connectivity index (χ1) is 9.72. The summed E-state index contributed by atoms with van der Waals surface area (Å²) < 4.78 is 5.76. The molecule has 1 amide bonds. The highest BCUT2D eigenvalue weighted by molar-refractivity contribution is 5.78. The average molecular weight is 276 g/mol. The van der Waals surface area contributed by atoms with Crippen molar-refractivity contribution in [2.75, 3.05) is 32.8 Å². The number of ether oxygens (including phenoxy) is 1. The first-order valence-corrected chi connectivity index (χ1v) is 7.42. The van der Waals surface area contributed by atoms with Crippen molar-refractivity contribution in [3.05, 3.63) is 29.8 Å². The van der Waals surface area contributed by atoms with Gasteiger partial charge in [-0.3, -0.25) is 4.79 Å². The lowest BCUT2D eigenvalue weighted by atomic mass is 9.98. The molecule has 110 valence electrons. The molecule has 1 heterocycles. The number of nitrogens with one attached hydrogen (secondary N) is 1. The smallest absolute Gasteiger partial charge is 0.260 e. The van der Waals surface area contributed by atoms with Crippen molar-refractivity contribution >= 4 is 5.91 Å². The molecule has 0 bridgehead atoms. The van der Waals surface area contributed by atoms with E-state index >= 15 is 0 Å². The molecule has 1 unspecified atom stereocenters. The fraction of sp³-hybridized carbons (Fsp3) is 0.562. The molecule has 1 saturated heterocycles. The third kappa shape index (κ3) is 3.73. The monoisotopic (exact) mass is 276 g/mol. The van der Waals surface area contributed by atoms with Crippen LogP contribution in [-0.2, 0) is 4.79 Å². The molecule has 0 aliphatic carbocycles. The number of para-hydroxylation sites is 1. The van der Waals surface area contributed by atoms with Gasteiger partial charge in [0.15, 0.2) is 6.61 Å². The standard InChI is InChI=1S/C16H24N2O2/c1-3-13(2)14-6-4-5-7-15(14)20-12-16(19)18-10-8-17-9-11-18/h4-7,13,17H,3,8-12H2,1-2H3. The molecule has 1 N–H and O–H groups in total. The molecule has 4 nitrogen and oxygen atoms in total. The van der Waals surface area contributed by atoms with Gasteiger partial charge in [0, 0.05) is 26.2 Å². The third-order valence-electron chi connectivity index (χ3n) is 3.88. The number of benzene rings is 1. The molecule has 2 rings (SSSR count). The first kappa shape index (κ1) is 14.9. The fourth-order valence-electron chi connectivity index (χ4n) is 2.38. The van der Waals surface area contributed by atoms with Gasteiger partial charge in [-0.25, -0.2) is 0 Å². The summed E-state index contributed by atoms with van der Waals surface area (Å²) in [5, 5.41) is 3.24. The second-order valence-electron chi connectivity index (χ2n) is 5.27. The zero-order valence-corrected chi connectivity index (χ0v) is 12.4. The summed E-state index contributed by atoms with van der Waals surface area (Å²) in [6.07, 6.45) is 1.06. The van der Waals surface area contributed by atoms with Crippen molar-refractivity contribution in [1.82, 2.24) is 10.2 Å². The number of nitrogens with zero attached hydrogens (tertiary/aromatic N) is 1. The van der Waals surface area contributed by atoms with Crippen molar-refractivity contribution in [3.8, 4) is 5.75 Å². The SMILES string of the molecule is CCC(C)c1ccccc1OCC(=O)N1CCNCC1. The molecule has 1 aromatic carbocycles. The molecule has 20 heavy (non-hydrogen) atoms. The maximum atomic E-state index is 12.1. The Labute approximate surface area is 121 Å². The average Bonchev–Trinajstić information content (AvgIpc) is 2.53. The van der Waals surface area contributed by atoms with Gasteiger partial charge in [-0.2, -0.15) is 0 Å². The van der Waals surface area contributed by atoms with Crippen LogP contribution in [0.25, 0.3) is 0 Å². The number of hydrogen-bond acceptors (Lipinski definition) is 3. The van der Waals surface area contributed by atoms with Crippen molar-refractivity contribution in [1.29, 1.82) is 0 Å². The van der Waals surface area contributed by atoms with Gasteiger partial charge < -0.3 is 15.0 Å². The van der Waals surface area contributed by atoms with Gasteiger partial charge in [0.25, 0.3) is 5.91 Å². The second kappa shape index (κ2) is 7.29. The first-order valence-electron chi connectivity index (χ1n) is 7.42. The van der Waals surface area contributed by atoms with E-state index in [1.54, 1.807) is 0 Å². The topological polar surface area (TPSA) is 41.6 Å². The fourth-order valence-corrected chi connectivity index (χ4v) is 2.38. The van der Waals surface area contributed by atoms with Gasteiger partial charge >= 0.3 is 0 Å². The van der Waals surface area contributed by atoms with E-state index in [2.05, 4.69) is 25.2 Å². The Kier molecular flexibility index (Phi) is 5.41. The van der Waals surface area contributed by atoms with Crippen LogP contribution in [0, 0.1) is 0 Å². The van der Waals surface area contributed by atoms with Gasteiger partial charge in [-0.05, 0) is 24.0 Å². The largest absolute Gasteiger partial charge is 0.483 e. The molecule has 1 atom stereocenters. The van der Waals surface area contributed by atoms with Crippen LogP contribution in [-0.4, -0.2) is 43.6 Å². The minimum Gasteiger partial charge on any atom is -0.483 e. The number of carbonyl (C=O) groups is 1. The Balaban J connectivity index is 1.94. The zero-order chi connectivity index (χ0) is 14.4. The van der Waals surface area contributed by atoms with Gasteiger partial charge in [-0.15, -0.1) is 0 Å². The summed E-state index contributed by atoms with van der Waals surface area (Å²) in [7, 11) is 0. The van der Waals surface area contributed by atoms with Crippen molar-refractivity contribution in [2.24, 2.45) is 0 Å². The van der Waals surface area contributed by atoms with Crippen LogP contribution in [0.5, 0.6) is 5.75 Å². The van der Waals surface area contributed by atoms with E-state index in [-0.39, 0.29) is 12.5 Å². The summed E-state index contributed by atoms with van der Waals surface area (Å²) in [5.41, 5.74) is 1.18. The highest BCUT2D eigenvalue weighted by Gasteiger charge is 2.17. The normalized spacial score (nSPS) is 16.8. The van der Waals surface area contributed by atoms with Crippen LogP contribution in [0.2, 0.25) is 0 Å². The third-order valence-corrected chi connectivity index (χ3v) is 3.88. The lowest BCUT2D eigenvalue weighted by molar-refractivity contribution is -0.133. The molecular formula is C16H24N2O2. The van der Waals surface area contributed by atoms with E-state index < -0.39 is 0 Å². The molecule has 0 radical (unpaired) electrons. The Morgan fingerprint density at radius 2 is 2.05 bits per heavy atom. The summed E-state index contributed by atoms with van der Waals surface area (Å²) >= 11 is 0. The molecule has 0 saturated carbocycles. The summed E-state index contributed by atoms with van der Waals surface area (Å²) in [5.74, 6) is 1.36. The van der Waals surface area contributed by atoms with E-state index in [0.29, 0.717) is 5.92 Å². The number of rotatable bonds is 5. The van der Waals surface area contributed by atoms with Gasteiger partial charge in [0.05, 0.1) is 0 Å². The van der Waals surface area contributed by atoms with E-state index in [1.807, 2.05) is 23.1 Å². The zero-order valence-electron chi connectivity index (χ0n) is 12.4. The molecule has 4 heteroatoms. The summed E-state index contributed by atoms with van der Waals surface area (Å²) in [6.45, 7) is 7.76. The Morgan fingerprint density at radius 3 is 2.75 bits per heavy atom. The molecule has 0 aromatic heterocycles. The van der Waals surface area contributed by atoms with Crippen molar-refractivity contribution in [3.63, 3.8) is 0 Å². The molecule has 1 fully saturated rings. The van der Waals surface area contributed by atoms with E-state index in [4.69, 9.17) is 4.74 Å². The Morgan fingerprint density at radius 1 is 1.35 bits per heavy atom. The molecule has 1 aliphatic heterocycles. The molecule has 1 aromatic rings. The molecule has 1 aliphatic rings. The molecule has 0 spiro atoms. The summed E-state index contributed by atoms with van der Waals surface area (Å²) in [4.78, 5) is 14.0. The number of hydrogen-bond donors (Lipinski definition) is 1. The predicted molar refractivity (Wildman–Crippen MR) is 80.1 cm³/mol. The van der Waals surface area contributed by atoms with Crippen LogP contribution in [0.3, 0.4) is 0 Å². The lowest BCUT2D eigenvalue weighted by Gasteiger charge is -2.27. The van der Waals surface area contributed by atoms with Crippen molar-refractivity contribution < 1.29 is 9.53 Å². The number of amides is 1.